The van der Waals surface area contributed by atoms with Crippen molar-refractivity contribution in [2.75, 3.05) is 5.32 Å². The third-order valence-electron chi connectivity index (χ3n) is 6.22. The highest BCUT2D eigenvalue weighted by atomic mass is 16.4. The number of hydrogen-bond donors (Lipinski definition) is 6. The molecule has 0 aliphatic heterocycles. The lowest BCUT2D eigenvalue weighted by molar-refractivity contribution is -0.0767. The fourth-order valence-corrected chi connectivity index (χ4v) is 4.69. The van der Waals surface area contributed by atoms with Crippen LogP contribution in [0.15, 0.2) is 59.7 Å². The Bertz CT molecular complexity index is 1560. The van der Waals surface area contributed by atoms with E-state index in [1.54, 1.807) is 6.07 Å². The largest absolute Gasteiger partial charge is 0.388 e. The number of imidazole rings is 1. The van der Waals surface area contributed by atoms with Crippen LogP contribution in [0.5, 0.6) is 0 Å². The summed E-state index contributed by atoms with van der Waals surface area (Å²) in [6.07, 6.45) is -2.67. The molecule has 6 N–H and O–H groups in total. The van der Waals surface area contributed by atoms with E-state index in [-0.39, 0.29) is 17.1 Å². The maximum absolute atomic E-state index is 12.4. The third-order valence-corrected chi connectivity index (χ3v) is 6.22. The molecule has 32 heavy (non-hydrogen) atoms. The summed E-state index contributed by atoms with van der Waals surface area (Å²) in [4.78, 5) is 26.1. The summed E-state index contributed by atoms with van der Waals surface area (Å²) < 4.78 is 0. The second-order valence-electron chi connectivity index (χ2n) is 8.02. The molecule has 9 nitrogen and oxygen atoms in total. The molecule has 0 saturated heterocycles. The van der Waals surface area contributed by atoms with Gasteiger partial charge >= 0.3 is 0 Å². The maximum Gasteiger partial charge on any atom is 0.278 e. The third kappa shape index (κ3) is 2.65. The predicted molar refractivity (Wildman–Crippen MR) is 119 cm³/mol. The van der Waals surface area contributed by atoms with Crippen molar-refractivity contribution < 1.29 is 15.3 Å². The molecule has 2 aromatic heterocycles. The molecule has 5 aromatic rings. The molecule has 0 fully saturated rings. The number of rotatable bonds is 2. The van der Waals surface area contributed by atoms with Crippen molar-refractivity contribution in [2.24, 2.45) is 0 Å². The molecule has 0 saturated carbocycles. The van der Waals surface area contributed by atoms with E-state index in [0.717, 1.165) is 21.5 Å². The number of H-pyrrole nitrogens is 2. The standard InChI is InChI=1S/C23H19N5O4/c29-18-13-8-7-11-6-5-10-3-1-2-4-12(10)14(11)15(13)16(19(30)20(18)31)26-23-27-21-17(22(32)28-23)24-9-25-21/h1-9,16,18-20,29-31H,(H3,24,25,26,27,28,32)/t16-,18+,19+,20-/m1/s1. The highest BCUT2D eigenvalue weighted by Gasteiger charge is 2.42. The van der Waals surface area contributed by atoms with Crippen LogP contribution in [0.3, 0.4) is 0 Å². The van der Waals surface area contributed by atoms with Gasteiger partial charge in [0, 0.05) is 0 Å². The lowest BCUT2D eigenvalue weighted by atomic mass is 9.78. The second kappa shape index (κ2) is 6.86. The van der Waals surface area contributed by atoms with E-state index in [1.165, 1.54) is 6.33 Å². The van der Waals surface area contributed by atoms with Crippen molar-refractivity contribution in [1.82, 2.24) is 19.9 Å². The Kier molecular flexibility index (Phi) is 4.06. The summed E-state index contributed by atoms with van der Waals surface area (Å²) in [7, 11) is 0. The number of nitrogens with zero attached hydrogens (tertiary/aromatic N) is 2. The molecule has 0 amide bonds. The highest BCUT2D eigenvalue weighted by Crippen LogP contribution is 2.44. The Hall–Kier alpha value is -3.79. The first kappa shape index (κ1) is 18.9. The number of hydrogen-bond acceptors (Lipinski definition) is 7. The Morgan fingerprint density at radius 3 is 2.59 bits per heavy atom. The fourth-order valence-electron chi connectivity index (χ4n) is 4.69. The van der Waals surface area contributed by atoms with Crippen LogP contribution in [-0.2, 0) is 0 Å². The van der Waals surface area contributed by atoms with Crippen molar-refractivity contribution in [2.45, 2.75) is 24.4 Å². The van der Waals surface area contributed by atoms with Gasteiger partial charge in [-0.1, -0.05) is 48.5 Å². The van der Waals surface area contributed by atoms with Crippen LogP contribution in [0.2, 0.25) is 0 Å². The molecular weight excluding hydrogens is 410 g/mol. The molecule has 6 rings (SSSR count). The molecule has 3 aromatic carbocycles. The first-order chi connectivity index (χ1) is 15.5. The average Bonchev–Trinajstić information content (AvgIpc) is 3.29. The normalized spacial score (nSPS) is 23.0. The zero-order valence-electron chi connectivity index (χ0n) is 16.6. The van der Waals surface area contributed by atoms with E-state index in [0.29, 0.717) is 11.1 Å². The smallest absolute Gasteiger partial charge is 0.278 e. The number of aromatic nitrogens is 4. The molecule has 1 aliphatic carbocycles. The van der Waals surface area contributed by atoms with Gasteiger partial charge in [0.1, 0.15) is 18.3 Å². The van der Waals surface area contributed by atoms with E-state index < -0.39 is 29.9 Å². The Morgan fingerprint density at radius 1 is 0.938 bits per heavy atom. The summed E-state index contributed by atoms with van der Waals surface area (Å²) >= 11 is 0. The zero-order valence-corrected chi connectivity index (χ0v) is 16.6. The molecule has 160 valence electrons. The quantitative estimate of drug-likeness (QED) is 0.235. The highest BCUT2D eigenvalue weighted by molar-refractivity contribution is 6.10. The van der Waals surface area contributed by atoms with Gasteiger partial charge in [-0.15, -0.1) is 0 Å². The molecule has 4 atom stereocenters. The van der Waals surface area contributed by atoms with Gasteiger partial charge in [0.15, 0.2) is 11.2 Å². The Balaban J connectivity index is 1.62. The van der Waals surface area contributed by atoms with E-state index in [2.05, 4.69) is 25.3 Å². The lowest BCUT2D eigenvalue weighted by Crippen LogP contribution is -2.44. The molecule has 9 heteroatoms. The minimum atomic E-state index is -1.42. The molecule has 0 radical (unpaired) electrons. The number of aromatic amines is 2. The SMILES string of the molecule is O=c1[nH]c(N[C@@H]2c3c(ccc4ccc5ccccc5c34)[C@H](O)[C@@H](O)[C@H]2O)nc2nc[nH]c12. The number of anilines is 1. The monoisotopic (exact) mass is 429 g/mol. The van der Waals surface area contributed by atoms with Crippen LogP contribution < -0.4 is 10.9 Å². The van der Waals surface area contributed by atoms with Gasteiger partial charge in [-0.05, 0) is 32.7 Å². The number of nitrogens with one attached hydrogen (secondary N) is 3. The van der Waals surface area contributed by atoms with Gasteiger partial charge in [-0.3, -0.25) is 9.78 Å². The molecule has 2 heterocycles. The first-order valence-corrected chi connectivity index (χ1v) is 10.2. The van der Waals surface area contributed by atoms with E-state index in [4.69, 9.17) is 0 Å². The number of aliphatic hydroxyl groups is 3. The summed E-state index contributed by atoms with van der Waals surface area (Å²) in [5.74, 6) is 0.102. The van der Waals surface area contributed by atoms with Crippen LogP contribution in [0.1, 0.15) is 23.3 Å². The van der Waals surface area contributed by atoms with Crippen molar-refractivity contribution in [3.63, 3.8) is 0 Å². The van der Waals surface area contributed by atoms with Crippen molar-refractivity contribution in [1.29, 1.82) is 0 Å². The van der Waals surface area contributed by atoms with E-state index >= 15 is 0 Å². The van der Waals surface area contributed by atoms with Crippen molar-refractivity contribution in [3.8, 4) is 0 Å². The van der Waals surface area contributed by atoms with Crippen molar-refractivity contribution >= 4 is 38.7 Å². The van der Waals surface area contributed by atoms with E-state index in [1.807, 2.05) is 42.5 Å². The number of benzene rings is 3. The minimum Gasteiger partial charge on any atom is -0.388 e. The average molecular weight is 429 g/mol. The van der Waals surface area contributed by atoms with Gasteiger partial charge in [0.25, 0.3) is 5.56 Å². The van der Waals surface area contributed by atoms with Crippen LogP contribution in [0, 0.1) is 0 Å². The summed E-state index contributed by atoms with van der Waals surface area (Å²) in [5.41, 5.74) is 1.21. The van der Waals surface area contributed by atoms with Gasteiger partial charge < -0.3 is 25.6 Å². The van der Waals surface area contributed by atoms with Gasteiger partial charge in [0.2, 0.25) is 5.95 Å². The van der Waals surface area contributed by atoms with Crippen LogP contribution in [-0.4, -0.2) is 47.5 Å². The number of aliphatic hydroxyl groups excluding tert-OH is 3. The number of fused-ring (bicyclic) bond motifs is 6. The van der Waals surface area contributed by atoms with Crippen LogP contribution in [0.4, 0.5) is 5.95 Å². The molecule has 0 unspecified atom stereocenters. The minimum absolute atomic E-state index is 0.102. The van der Waals surface area contributed by atoms with Gasteiger partial charge in [-0.25, -0.2) is 4.98 Å². The van der Waals surface area contributed by atoms with Gasteiger partial charge in [-0.2, -0.15) is 4.98 Å². The van der Waals surface area contributed by atoms with Crippen molar-refractivity contribution in [3.05, 3.63) is 76.3 Å². The fraction of sp³-hybridized carbons (Fsp3) is 0.174. The van der Waals surface area contributed by atoms with Crippen LogP contribution in [0.25, 0.3) is 32.7 Å². The molecule has 0 spiro atoms. The zero-order chi connectivity index (χ0) is 22.0. The summed E-state index contributed by atoms with van der Waals surface area (Å²) in [6, 6.07) is 14.6. The Labute approximate surface area is 180 Å². The second-order valence-corrected chi connectivity index (χ2v) is 8.02. The maximum atomic E-state index is 12.4. The van der Waals surface area contributed by atoms with Gasteiger partial charge in [0.05, 0.1) is 12.4 Å². The predicted octanol–water partition coefficient (Wildman–Crippen LogP) is 1.87. The van der Waals surface area contributed by atoms with E-state index in [9.17, 15) is 20.1 Å². The summed E-state index contributed by atoms with van der Waals surface area (Å²) in [6.45, 7) is 0. The first-order valence-electron chi connectivity index (χ1n) is 10.2. The molecule has 0 bridgehead atoms. The molecule has 1 aliphatic rings. The molecular formula is C23H19N5O4. The lowest BCUT2D eigenvalue weighted by Gasteiger charge is -2.38. The van der Waals surface area contributed by atoms with Crippen LogP contribution >= 0.6 is 0 Å². The summed E-state index contributed by atoms with van der Waals surface area (Å²) in [5, 5.41) is 39.1. The topological polar surface area (TPSA) is 147 Å². The Morgan fingerprint density at radius 2 is 1.72 bits per heavy atom.